The lowest BCUT2D eigenvalue weighted by Crippen LogP contribution is -1.89. The third kappa shape index (κ3) is 3.36. The highest BCUT2D eigenvalue weighted by Gasteiger charge is 1.97. The van der Waals surface area contributed by atoms with Crippen LogP contribution in [-0.4, -0.2) is 5.97 Å². The Kier molecular flexibility index (Phi) is 4.31. The largest absolute Gasteiger partial charge is 0.391 e. The number of carbonyl (C=O) groups excluding carboxylic acids is 1. The summed E-state index contributed by atoms with van der Waals surface area (Å²) in [6.45, 7) is 1.85. The molecule has 15 heavy (non-hydrogen) atoms. The van der Waals surface area contributed by atoms with E-state index in [0.717, 1.165) is 11.1 Å². The Morgan fingerprint density at radius 2 is 2.33 bits per heavy atom. The predicted molar refractivity (Wildman–Crippen MR) is 65.0 cm³/mol. The normalized spacial score (nSPS) is 9.93. The summed E-state index contributed by atoms with van der Waals surface area (Å²) >= 11 is 1.53. The second-order valence-corrected chi connectivity index (χ2v) is 3.36. The zero-order valence-corrected chi connectivity index (χ0v) is 10.2. The molecule has 0 aliphatic heterocycles. The second-order valence-electron chi connectivity index (χ2n) is 2.92. The molecule has 0 atom stereocenters. The molecule has 0 bridgehead atoms. The van der Waals surface area contributed by atoms with Gasteiger partial charge >= 0.3 is 5.97 Å². The number of hydrogen-bond donors (Lipinski definition) is 0. The van der Waals surface area contributed by atoms with Gasteiger partial charge in [0, 0.05) is 6.08 Å². The lowest BCUT2D eigenvalue weighted by molar-refractivity contribution is -0.126. The van der Waals surface area contributed by atoms with E-state index in [0.29, 0.717) is 5.56 Å². The number of halogens is 1. The van der Waals surface area contributed by atoms with E-state index in [9.17, 15) is 4.79 Å². The predicted octanol–water partition coefficient (Wildman–Crippen LogP) is 2.77. The van der Waals surface area contributed by atoms with Crippen LogP contribution in [0.2, 0.25) is 0 Å². The van der Waals surface area contributed by atoms with Gasteiger partial charge in [0.15, 0.2) is 23.0 Å². The molecule has 0 saturated carbocycles. The first kappa shape index (κ1) is 11.7. The smallest absolute Gasteiger partial charge is 0.340 e. The molecule has 0 N–H and O–H groups in total. The Hall–Kier alpha value is -1.35. The van der Waals surface area contributed by atoms with Gasteiger partial charge in [-0.15, -0.1) is 0 Å². The zero-order valence-electron chi connectivity index (χ0n) is 8.03. The van der Waals surface area contributed by atoms with Crippen LogP contribution in [0.4, 0.5) is 0 Å². The van der Waals surface area contributed by atoms with Gasteiger partial charge in [0.1, 0.15) is 0 Å². The molecule has 1 aromatic carbocycles. The number of rotatable bonds is 2. The van der Waals surface area contributed by atoms with E-state index in [4.69, 9.17) is 5.26 Å². The molecule has 0 aromatic heterocycles. The van der Waals surface area contributed by atoms with E-state index in [1.165, 1.54) is 29.1 Å². The lowest BCUT2D eigenvalue weighted by Gasteiger charge is -1.98. The molecule has 0 aliphatic carbocycles. The summed E-state index contributed by atoms with van der Waals surface area (Å²) in [4.78, 5) is 10.8. The standard InChI is InChI=1S/C11H8INO2/c1-8-6-9(2-4-10(8)7-13)3-5-11(14)15-12/h2-6H,1H3/b5-3+. The van der Waals surface area contributed by atoms with Crippen LogP contribution in [0.15, 0.2) is 24.3 Å². The highest BCUT2D eigenvalue weighted by atomic mass is 127. The summed E-state index contributed by atoms with van der Waals surface area (Å²) in [7, 11) is 0. The van der Waals surface area contributed by atoms with Crippen molar-refractivity contribution in [3.8, 4) is 6.07 Å². The van der Waals surface area contributed by atoms with Gasteiger partial charge in [0.25, 0.3) is 0 Å². The summed E-state index contributed by atoms with van der Waals surface area (Å²) in [5, 5.41) is 8.72. The minimum absolute atomic E-state index is 0.405. The van der Waals surface area contributed by atoms with Crippen LogP contribution < -0.4 is 0 Å². The molecule has 0 radical (unpaired) electrons. The number of nitrogens with zero attached hydrogens (tertiary/aromatic N) is 1. The Bertz CT molecular complexity index is 446. The SMILES string of the molecule is Cc1cc(/C=C/C(=O)OI)ccc1C#N. The molecule has 0 aliphatic rings. The molecule has 0 fully saturated rings. The number of nitriles is 1. The summed E-state index contributed by atoms with van der Waals surface area (Å²) in [5.41, 5.74) is 2.40. The molecule has 0 heterocycles. The van der Waals surface area contributed by atoms with Crippen molar-refractivity contribution in [2.24, 2.45) is 0 Å². The van der Waals surface area contributed by atoms with Gasteiger partial charge in [0.2, 0.25) is 0 Å². The maximum absolute atomic E-state index is 10.8. The molecule has 0 unspecified atom stereocenters. The third-order valence-corrected chi connectivity index (χ3v) is 2.29. The summed E-state index contributed by atoms with van der Waals surface area (Å²) in [5.74, 6) is -0.405. The van der Waals surface area contributed by atoms with E-state index >= 15 is 0 Å². The maximum atomic E-state index is 10.8. The molecular formula is C11H8INO2. The van der Waals surface area contributed by atoms with Gasteiger partial charge in [-0.1, -0.05) is 12.1 Å². The molecular weight excluding hydrogens is 305 g/mol. The summed E-state index contributed by atoms with van der Waals surface area (Å²) < 4.78 is 4.44. The van der Waals surface area contributed by atoms with Crippen molar-refractivity contribution in [3.05, 3.63) is 41.0 Å². The average Bonchev–Trinajstić information content (AvgIpc) is 2.26. The van der Waals surface area contributed by atoms with Gasteiger partial charge in [-0.3, -0.25) is 0 Å². The van der Waals surface area contributed by atoms with Crippen molar-refractivity contribution < 1.29 is 7.86 Å². The topological polar surface area (TPSA) is 50.1 Å². The molecule has 76 valence electrons. The number of carbonyl (C=O) groups is 1. The van der Waals surface area contributed by atoms with Crippen molar-refractivity contribution in [2.75, 3.05) is 0 Å². The maximum Gasteiger partial charge on any atom is 0.340 e. The number of benzene rings is 1. The third-order valence-electron chi connectivity index (χ3n) is 1.86. The first-order chi connectivity index (χ1) is 7.17. The van der Waals surface area contributed by atoms with Crippen LogP contribution >= 0.6 is 23.0 Å². The fourth-order valence-electron chi connectivity index (χ4n) is 1.11. The van der Waals surface area contributed by atoms with E-state index in [1.54, 1.807) is 18.2 Å². The van der Waals surface area contributed by atoms with E-state index < -0.39 is 5.97 Å². The van der Waals surface area contributed by atoms with Gasteiger partial charge in [-0.05, 0) is 30.2 Å². The van der Waals surface area contributed by atoms with Crippen LogP contribution in [-0.2, 0) is 7.86 Å². The van der Waals surface area contributed by atoms with Crippen molar-refractivity contribution in [2.45, 2.75) is 6.92 Å². The first-order valence-corrected chi connectivity index (χ1v) is 5.07. The van der Waals surface area contributed by atoms with Crippen molar-refractivity contribution >= 4 is 35.1 Å². The lowest BCUT2D eigenvalue weighted by atomic mass is 10.1. The molecule has 0 saturated heterocycles. The molecule has 0 spiro atoms. The zero-order chi connectivity index (χ0) is 11.3. The Morgan fingerprint density at radius 3 is 2.87 bits per heavy atom. The highest BCUT2D eigenvalue weighted by Crippen LogP contribution is 2.11. The van der Waals surface area contributed by atoms with Crippen LogP contribution in [0.1, 0.15) is 16.7 Å². The number of hydrogen-bond acceptors (Lipinski definition) is 3. The minimum Gasteiger partial charge on any atom is -0.391 e. The van der Waals surface area contributed by atoms with Gasteiger partial charge in [0.05, 0.1) is 11.6 Å². The Balaban J connectivity index is 2.90. The van der Waals surface area contributed by atoms with Crippen molar-refractivity contribution in [1.82, 2.24) is 0 Å². The fourth-order valence-corrected chi connectivity index (χ4v) is 1.25. The van der Waals surface area contributed by atoms with E-state index in [2.05, 4.69) is 9.14 Å². The summed E-state index contributed by atoms with van der Waals surface area (Å²) in [6, 6.07) is 7.43. The van der Waals surface area contributed by atoms with Crippen molar-refractivity contribution in [1.29, 1.82) is 5.26 Å². The van der Waals surface area contributed by atoms with Crippen LogP contribution in [0.25, 0.3) is 6.08 Å². The number of aryl methyl sites for hydroxylation is 1. The molecule has 0 amide bonds. The van der Waals surface area contributed by atoms with Crippen LogP contribution in [0.5, 0.6) is 0 Å². The Labute approximate surface area is 102 Å². The molecule has 3 nitrogen and oxygen atoms in total. The van der Waals surface area contributed by atoms with Crippen molar-refractivity contribution in [3.63, 3.8) is 0 Å². The van der Waals surface area contributed by atoms with Gasteiger partial charge < -0.3 is 3.07 Å². The molecule has 1 aromatic rings. The van der Waals surface area contributed by atoms with E-state index in [1.807, 2.05) is 13.0 Å². The quantitative estimate of drug-likeness (QED) is 0.623. The fraction of sp³-hybridized carbons (Fsp3) is 0.0909. The molecule has 4 heteroatoms. The van der Waals surface area contributed by atoms with E-state index in [-0.39, 0.29) is 0 Å². The minimum atomic E-state index is -0.405. The van der Waals surface area contributed by atoms with Gasteiger partial charge in [-0.25, -0.2) is 4.79 Å². The highest BCUT2D eigenvalue weighted by molar-refractivity contribution is 14.1. The second kappa shape index (κ2) is 5.51. The first-order valence-electron chi connectivity index (χ1n) is 4.18. The van der Waals surface area contributed by atoms with Crippen LogP contribution in [0.3, 0.4) is 0 Å². The Morgan fingerprint density at radius 1 is 1.60 bits per heavy atom. The molecule has 1 rings (SSSR count). The average molecular weight is 313 g/mol. The van der Waals surface area contributed by atoms with Gasteiger partial charge in [-0.2, -0.15) is 5.26 Å². The summed E-state index contributed by atoms with van der Waals surface area (Å²) in [6.07, 6.45) is 2.99. The monoisotopic (exact) mass is 313 g/mol. The van der Waals surface area contributed by atoms with Crippen LogP contribution in [0, 0.1) is 18.3 Å².